The van der Waals surface area contributed by atoms with E-state index in [-0.39, 0.29) is 18.2 Å². The molecular formula is C21H20N4O4. The maximum absolute atomic E-state index is 12.0. The van der Waals surface area contributed by atoms with Gasteiger partial charge in [0.1, 0.15) is 5.75 Å². The number of non-ortho nitro benzene ring substituents is 1. The summed E-state index contributed by atoms with van der Waals surface area (Å²) in [6.07, 6.45) is 3.30. The summed E-state index contributed by atoms with van der Waals surface area (Å²) in [6.45, 7) is 3.72. The minimum atomic E-state index is -0.447. The van der Waals surface area contributed by atoms with Crippen molar-refractivity contribution in [3.05, 3.63) is 87.7 Å². The number of aromatic nitrogens is 1. The van der Waals surface area contributed by atoms with E-state index in [1.807, 2.05) is 44.2 Å². The topological polar surface area (TPSA) is 98.8 Å². The quantitative estimate of drug-likeness (QED) is 0.378. The van der Waals surface area contributed by atoms with Gasteiger partial charge in [0.2, 0.25) is 0 Å². The summed E-state index contributed by atoms with van der Waals surface area (Å²) in [6, 6.07) is 15.6. The molecule has 0 spiro atoms. The molecule has 0 aliphatic carbocycles. The third-order valence-electron chi connectivity index (χ3n) is 4.21. The maximum atomic E-state index is 12.0. The Hall–Kier alpha value is -3.94. The number of rotatable bonds is 7. The molecule has 1 amide bonds. The molecule has 0 unspecified atom stereocenters. The van der Waals surface area contributed by atoms with Crippen molar-refractivity contribution in [2.45, 2.75) is 13.8 Å². The fourth-order valence-corrected chi connectivity index (χ4v) is 2.68. The van der Waals surface area contributed by atoms with E-state index in [4.69, 9.17) is 4.74 Å². The van der Waals surface area contributed by atoms with Crippen molar-refractivity contribution < 1.29 is 14.5 Å². The molecule has 2 aromatic carbocycles. The lowest BCUT2D eigenvalue weighted by Gasteiger charge is -2.09. The first-order chi connectivity index (χ1) is 13.9. The number of ether oxygens (including phenoxy) is 1. The number of nitro benzene ring substituents is 1. The molecule has 0 aliphatic rings. The first-order valence-corrected chi connectivity index (χ1v) is 8.88. The van der Waals surface area contributed by atoms with Crippen molar-refractivity contribution in [3.63, 3.8) is 0 Å². The van der Waals surface area contributed by atoms with Gasteiger partial charge in [0.05, 0.1) is 16.8 Å². The zero-order valence-electron chi connectivity index (χ0n) is 16.0. The minimum Gasteiger partial charge on any atom is -0.483 e. The Kier molecular flexibility index (Phi) is 6.03. The van der Waals surface area contributed by atoms with Crippen molar-refractivity contribution in [1.82, 2.24) is 9.99 Å². The van der Waals surface area contributed by atoms with Crippen molar-refractivity contribution >= 4 is 17.8 Å². The second-order valence-electron chi connectivity index (χ2n) is 6.43. The number of hydrogen-bond donors (Lipinski definition) is 1. The Balaban J connectivity index is 1.59. The molecule has 0 saturated carbocycles. The molecule has 1 aromatic heterocycles. The summed E-state index contributed by atoms with van der Waals surface area (Å²) >= 11 is 0. The predicted molar refractivity (Wildman–Crippen MR) is 110 cm³/mol. The number of carbonyl (C=O) groups excluding carboxylic acids is 1. The summed E-state index contributed by atoms with van der Waals surface area (Å²) in [5.74, 6) is 0.284. The molecule has 29 heavy (non-hydrogen) atoms. The largest absolute Gasteiger partial charge is 0.483 e. The van der Waals surface area contributed by atoms with Gasteiger partial charge < -0.3 is 9.30 Å². The average Bonchev–Trinajstić information content (AvgIpc) is 3.17. The van der Waals surface area contributed by atoms with E-state index < -0.39 is 4.92 Å². The van der Waals surface area contributed by atoms with Gasteiger partial charge >= 0.3 is 0 Å². The van der Waals surface area contributed by atoms with Gasteiger partial charge in [0.25, 0.3) is 11.6 Å². The molecule has 3 aromatic rings. The monoisotopic (exact) mass is 392 g/mol. The zero-order valence-corrected chi connectivity index (χ0v) is 16.0. The molecule has 0 radical (unpaired) electrons. The number of hydrazone groups is 1. The second kappa shape index (κ2) is 8.83. The van der Waals surface area contributed by atoms with Gasteiger partial charge in [0.15, 0.2) is 6.61 Å². The normalized spacial score (nSPS) is 10.8. The Morgan fingerprint density at radius 2 is 1.97 bits per heavy atom. The van der Waals surface area contributed by atoms with E-state index in [9.17, 15) is 14.9 Å². The SMILES string of the molecule is Cc1ccc(C)c(OCC(=O)N/N=C\c2cccn2-c2ccc([N+](=O)[O-])cc2)c1. The van der Waals surface area contributed by atoms with Crippen LogP contribution in [-0.2, 0) is 4.79 Å². The van der Waals surface area contributed by atoms with E-state index in [0.717, 1.165) is 16.8 Å². The van der Waals surface area contributed by atoms with Gasteiger partial charge in [-0.3, -0.25) is 14.9 Å². The van der Waals surface area contributed by atoms with E-state index in [1.165, 1.54) is 18.3 Å². The fraction of sp³-hybridized carbons (Fsp3) is 0.143. The molecule has 0 atom stereocenters. The molecule has 1 heterocycles. The highest BCUT2D eigenvalue weighted by Crippen LogP contribution is 2.19. The Bertz CT molecular complexity index is 1050. The highest BCUT2D eigenvalue weighted by Gasteiger charge is 2.07. The summed E-state index contributed by atoms with van der Waals surface area (Å²) in [5, 5.41) is 14.7. The molecule has 0 fully saturated rings. The van der Waals surface area contributed by atoms with Crippen molar-refractivity contribution in [2.75, 3.05) is 6.61 Å². The van der Waals surface area contributed by atoms with Gasteiger partial charge in [-0.1, -0.05) is 12.1 Å². The standard InChI is InChI=1S/C21H20N4O4/c1-15-5-6-16(2)20(12-15)29-14-21(26)23-22-13-19-4-3-11-24(19)17-7-9-18(10-8-17)25(27)28/h3-13H,14H2,1-2H3,(H,23,26)/b22-13-. The molecular weight excluding hydrogens is 372 g/mol. The summed E-state index contributed by atoms with van der Waals surface area (Å²) in [5.41, 5.74) is 5.90. The van der Waals surface area contributed by atoms with E-state index in [1.54, 1.807) is 22.9 Å². The number of nitro groups is 1. The predicted octanol–water partition coefficient (Wildman–Crippen LogP) is 3.53. The van der Waals surface area contributed by atoms with Crippen molar-refractivity contribution in [1.29, 1.82) is 0 Å². The summed E-state index contributed by atoms with van der Waals surface area (Å²) < 4.78 is 7.34. The van der Waals surface area contributed by atoms with Gasteiger partial charge in [-0.15, -0.1) is 0 Å². The number of aryl methyl sites for hydroxylation is 2. The van der Waals surface area contributed by atoms with Crippen LogP contribution in [0.1, 0.15) is 16.8 Å². The molecule has 8 heteroatoms. The van der Waals surface area contributed by atoms with Crippen LogP contribution in [0, 0.1) is 24.0 Å². The van der Waals surface area contributed by atoms with Crippen LogP contribution >= 0.6 is 0 Å². The molecule has 1 N–H and O–H groups in total. The highest BCUT2D eigenvalue weighted by atomic mass is 16.6. The second-order valence-corrected chi connectivity index (χ2v) is 6.43. The van der Waals surface area contributed by atoms with E-state index in [0.29, 0.717) is 11.4 Å². The number of carbonyl (C=O) groups is 1. The number of nitrogens with one attached hydrogen (secondary N) is 1. The van der Waals surface area contributed by atoms with E-state index >= 15 is 0 Å². The first kappa shape index (κ1) is 19.8. The minimum absolute atomic E-state index is 0.0206. The Morgan fingerprint density at radius 1 is 1.21 bits per heavy atom. The van der Waals surface area contributed by atoms with Gasteiger partial charge in [0, 0.05) is 24.0 Å². The molecule has 148 valence electrons. The van der Waals surface area contributed by atoms with Gasteiger partial charge in [-0.2, -0.15) is 5.10 Å². The Morgan fingerprint density at radius 3 is 2.69 bits per heavy atom. The lowest BCUT2D eigenvalue weighted by Crippen LogP contribution is -2.24. The number of nitrogens with zero attached hydrogens (tertiary/aromatic N) is 3. The van der Waals surface area contributed by atoms with Crippen LogP contribution in [-0.4, -0.2) is 28.2 Å². The van der Waals surface area contributed by atoms with Crippen LogP contribution < -0.4 is 10.2 Å². The number of benzene rings is 2. The van der Waals surface area contributed by atoms with Crippen LogP contribution in [0.5, 0.6) is 5.75 Å². The molecule has 0 aliphatic heterocycles. The molecule has 3 rings (SSSR count). The lowest BCUT2D eigenvalue weighted by molar-refractivity contribution is -0.384. The third-order valence-corrected chi connectivity index (χ3v) is 4.21. The molecule has 8 nitrogen and oxygen atoms in total. The summed E-state index contributed by atoms with van der Waals surface area (Å²) in [4.78, 5) is 22.3. The number of hydrogen-bond acceptors (Lipinski definition) is 5. The number of amides is 1. The van der Waals surface area contributed by atoms with Gasteiger partial charge in [-0.05, 0) is 55.3 Å². The molecule has 0 saturated heterocycles. The third kappa shape index (κ3) is 5.07. The Labute approximate surface area is 167 Å². The average molecular weight is 392 g/mol. The van der Waals surface area contributed by atoms with Gasteiger partial charge in [-0.25, -0.2) is 5.43 Å². The first-order valence-electron chi connectivity index (χ1n) is 8.88. The van der Waals surface area contributed by atoms with Crippen LogP contribution in [0.4, 0.5) is 5.69 Å². The van der Waals surface area contributed by atoms with Crippen LogP contribution in [0.15, 0.2) is 65.9 Å². The molecule has 0 bridgehead atoms. The van der Waals surface area contributed by atoms with Crippen LogP contribution in [0.3, 0.4) is 0 Å². The van der Waals surface area contributed by atoms with Crippen LogP contribution in [0.25, 0.3) is 5.69 Å². The maximum Gasteiger partial charge on any atom is 0.277 e. The fourth-order valence-electron chi connectivity index (χ4n) is 2.68. The van der Waals surface area contributed by atoms with E-state index in [2.05, 4.69) is 10.5 Å². The van der Waals surface area contributed by atoms with Crippen molar-refractivity contribution in [3.8, 4) is 11.4 Å². The highest BCUT2D eigenvalue weighted by molar-refractivity contribution is 5.82. The zero-order chi connectivity index (χ0) is 20.8. The van der Waals surface area contributed by atoms with Crippen molar-refractivity contribution in [2.24, 2.45) is 5.10 Å². The summed E-state index contributed by atoms with van der Waals surface area (Å²) in [7, 11) is 0. The van der Waals surface area contributed by atoms with Crippen LogP contribution in [0.2, 0.25) is 0 Å². The smallest absolute Gasteiger partial charge is 0.277 e. The lowest BCUT2D eigenvalue weighted by atomic mass is 10.1.